The number of rotatable bonds is 8. The summed E-state index contributed by atoms with van der Waals surface area (Å²) in [5, 5.41) is 0. The van der Waals surface area contributed by atoms with Crippen molar-refractivity contribution in [2.24, 2.45) is 11.8 Å². The average Bonchev–Trinajstić information content (AvgIpc) is 3.17. The van der Waals surface area contributed by atoms with Crippen LogP contribution in [-0.2, 0) is 13.6 Å². The Morgan fingerprint density at radius 2 is 1.79 bits per heavy atom. The lowest BCUT2D eigenvalue weighted by Gasteiger charge is -2.34. The summed E-state index contributed by atoms with van der Waals surface area (Å²) >= 11 is 0. The molecule has 4 heteroatoms. The molecule has 3 nitrogen and oxygen atoms in total. The van der Waals surface area contributed by atoms with Crippen LogP contribution in [0.4, 0.5) is 0 Å². The Morgan fingerprint density at radius 1 is 1.11 bits per heavy atom. The molecule has 0 aromatic heterocycles. The fourth-order valence-electron chi connectivity index (χ4n) is 3.64. The van der Waals surface area contributed by atoms with Crippen molar-refractivity contribution in [2.75, 3.05) is 13.2 Å². The first kappa shape index (κ1) is 15.5. The fourth-order valence-corrected chi connectivity index (χ4v) is 7.03. The first-order chi connectivity index (χ1) is 9.14. The molecule has 2 rings (SSSR count). The molecule has 1 saturated heterocycles. The van der Waals surface area contributed by atoms with E-state index in [0.717, 1.165) is 31.2 Å². The van der Waals surface area contributed by atoms with Gasteiger partial charge in [0.15, 0.2) is 0 Å². The third kappa shape index (κ3) is 3.81. The highest BCUT2D eigenvalue weighted by molar-refractivity contribution is 6.67. The number of fused-ring (bicyclic) bond motifs is 1. The van der Waals surface area contributed by atoms with E-state index in [9.17, 15) is 0 Å². The largest absolute Gasteiger partial charge is 0.394 e. The van der Waals surface area contributed by atoms with Crippen molar-refractivity contribution in [1.82, 2.24) is 0 Å². The molecule has 0 amide bonds. The maximum atomic E-state index is 6.10. The summed E-state index contributed by atoms with van der Waals surface area (Å²) in [4.78, 5) is 0. The van der Waals surface area contributed by atoms with Gasteiger partial charge in [-0.05, 0) is 57.0 Å². The molecule has 19 heavy (non-hydrogen) atoms. The molecular formula is C15H30O3Si. The fraction of sp³-hybridized carbons (Fsp3) is 1.00. The molecular weight excluding hydrogens is 256 g/mol. The van der Waals surface area contributed by atoms with E-state index in [2.05, 4.69) is 27.7 Å². The Labute approximate surface area is 119 Å². The molecule has 1 heterocycles. The van der Waals surface area contributed by atoms with Gasteiger partial charge in [0, 0.05) is 13.2 Å². The molecule has 0 N–H and O–H groups in total. The van der Waals surface area contributed by atoms with Crippen molar-refractivity contribution >= 4 is 8.56 Å². The van der Waals surface area contributed by atoms with E-state index in [-0.39, 0.29) is 0 Å². The van der Waals surface area contributed by atoms with Gasteiger partial charge in [-0.2, -0.15) is 0 Å². The molecule has 1 saturated carbocycles. The summed E-state index contributed by atoms with van der Waals surface area (Å²) in [5.41, 5.74) is 0. The predicted octanol–water partition coefficient (Wildman–Crippen LogP) is 3.73. The topological polar surface area (TPSA) is 31.0 Å². The molecule has 0 aromatic rings. The molecule has 4 atom stereocenters. The second-order valence-corrected chi connectivity index (χ2v) is 9.61. The normalized spacial score (nSPS) is 31.9. The second-order valence-electron chi connectivity index (χ2n) is 6.10. The molecule has 1 aliphatic heterocycles. The standard InChI is InChI=1S/C15H30O3Si/c1-5-16-19(7-3,17-6-2)11-12(4)13-8-9-14-15(10-13)18-14/h12-15H,5-11H2,1-4H3. The Morgan fingerprint density at radius 3 is 2.32 bits per heavy atom. The third-order valence-corrected chi connectivity index (χ3v) is 8.81. The molecule has 0 spiro atoms. The second kappa shape index (κ2) is 6.70. The van der Waals surface area contributed by atoms with Crippen molar-refractivity contribution in [3.8, 4) is 0 Å². The minimum absolute atomic E-state index is 0.582. The van der Waals surface area contributed by atoms with E-state index < -0.39 is 8.56 Å². The van der Waals surface area contributed by atoms with Crippen molar-refractivity contribution in [2.45, 2.75) is 71.3 Å². The Balaban J connectivity index is 1.90. The Kier molecular flexibility index (Phi) is 5.46. The van der Waals surface area contributed by atoms with Crippen molar-refractivity contribution in [1.29, 1.82) is 0 Å². The van der Waals surface area contributed by atoms with E-state index in [1.54, 1.807) is 0 Å². The number of epoxide rings is 1. The molecule has 2 aliphatic rings. The number of hydrogen-bond donors (Lipinski definition) is 0. The van der Waals surface area contributed by atoms with Crippen LogP contribution >= 0.6 is 0 Å². The lowest BCUT2D eigenvalue weighted by molar-refractivity contribution is 0.170. The summed E-state index contributed by atoms with van der Waals surface area (Å²) in [5.74, 6) is 1.51. The molecule has 0 aromatic carbocycles. The highest BCUT2D eigenvalue weighted by Gasteiger charge is 2.46. The summed E-state index contributed by atoms with van der Waals surface area (Å²) in [7, 11) is -1.97. The summed E-state index contributed by atoms with van der Waals surface area (Å²) in [6, 6.07) is 2.21. The lowest BCUT2D eigenvalue weighted by Crippen LogP contribution is -2.44. The lowest BCUT2D eigenvalue weighted by atomic mass is 9.82. The highest BCUT2D eigenvalue weighted by atomic mass is 28.4. The molecule has 1 aliphatic carbocycles. The van der Waals surface area contributed by atoms with Crippen LogP contribution in [0, 0.1) is 11.8 Å². The van der Waals surface area contributed by atoms with Gasteiger partial charge in [-0.15, -0.1) is 0 Å². The molecule has 0 bridgehead atoms. The zero-order chi connectivity index (χ0) is 13.9. The summed E-state index contributed by atoms with van der Waals surface area (Å²) < 4.78 is 17.9. The van der Waals surface area contributed by atoms with Gasteiger partial charge in [0.05, 0.1) is 12.2 Å². The molecule has 0 radical (unpaired) electrons. The maximum absolute atomic E-state index is 6.10. The maximum Gasteiger partial charge on any atom is 0.338 e. The van der Waals surface area contributed by atoms with Gasteiger partial charge in [-0.25, -0.2) is 0 Å². The van der Waals surface area contributed by atoms with Crippen molar-refractivity contribution < 1.29 is 13.6 Å². The van der Waals surface area contributed by atoms with Gasteiger partial charge in [-0.1, -0.05) is 13.8 Å². The van der Waals surface area contributed by atoms with Gasteiger partial charge in [-0.3, -0.25) is 0 Å². The van der Waals surface area contributed by atoms with E-state index in [1.807, 2.05) is 0 Å². The van der Waals surface area contributed by atoms with E-state index >= 15 is 0 Å². The minimum Gasteiger partial charge on any atom is -0.394 e. The van der Waals surface area contributed by atoms with Crippen LogP contribution < -0.4 is 0 Å². The Hall–Kier alpha value is 0.0969. The first-order valence-electron chi connectivity index (χ1n) is 8.07. The molecule has 112 valence electrons. The Bertz CT molecular complexity index is 279. The van der Waals surface area contributed by atoms with Gasteiger partial charge < -0.3 is 13.6 Å². The minimum atomic E-state index is -1.97. The van der Waals surface area contributed by atoms with Crippen LogP contribution in [0.5, 0.6) is 0 Å². The van der Waals surface area contributed by atoms with Crippen LogP contribution in [0.1, 0.15) is 47.0 Å². The SMILES string of the molecule is CCO[Si](CC)(CC(C)C1CCC2OC2C1)OCC. The smallest absolute Gasteiger partial charge is 0.338 e. The average molecular weight is 286 g/mol. The first-order valence-corrected chi connectivity index (χ1v) is 10.3. The van der Waals surface area contributed by atoms with Gasteiger partial charge in [0.25, 0.3) is 0 Å². The van der Waals surface area contributed by atoms with E-state index in [1.165, 1.54) is 19.3 Å². The van der Waals surface area contributed by atoms with Crippen LogP contribution in [0.25, 0.3) is 0 Å². The predicted molar refractivity (Wildman–Crippen MR) is 79.5 cm³/mol. The zero-order valence-corrected chi connectivity index (χ0v) is 14.0. The summed E-state index contributed by atoms with van der Waals surface area (Å²) in [6.07, 6.45) is 5.05. The van der Waals surface area contributed by atoms with E-state index in [4.69, 9.17) is 13.6 Å². The summed E-state index contributed by atoms with van der Waals surface area (Å²) in [6.45, 7) is 10.4. The molecule has 4 unspecified atom stereocenters. The van der Waals surface area contributed by atoms with Crippen LogP contribution in [-0.4, -0.2) is 34.0 Å². The van der Waals surface area contributed by atoms with Gasteiger partial charge in [0.1, 0.15) is 0 Å². The monoisotopic (exact) mass is 286 g/mol. The molecule has 2 fully saturated rings. The van der Waals surface area contributed by atoms with Crippen LogP contribution in [0.15, 0.2) is 0 Å². The quantitative estimate of drug-likeness (QED) is 0.503. The van der Waals surface area contributed by atoms with Crippen LogP contribution in [0.2, 0.25) is 12.1 Å². The zero-order valence-electron chi connectivity index (χ0n) is 13.0. The highest BCUT2D eigenvalue weighted by Crippen LogP contribution is 2.44. The number of hydrogen-bond acceptors (Lipinski definition) is 3. The van der Waals surface area contributed by atoms with Gasteiger partial charge in [0.2, 0.25) is 0 Å². The van der Waals surface area contributed by atoms with Crippen LogP contribution in [0.3, 0.4) is 0 Å². The van der Waals surface area contributed by atoms with Crippen molar-refractivity contribution in [3.63, 3.8) is 0 Å². The van der Waals surface area contributed by atoms with E-state index in [0.29, 0.717) is 18.1 Å². The number of ether oxygens (including phenoxy) is 1. The van der Waals surface area contributed by atoms with Gasteiger partial charge >= 0.3 is 8.56 Å². The van der Waals surface area contributed by atoms with Crippen molar-refractivity contribution in [3.05, 3.63) is 0 Å². The third-order valence-electron chi connectivity index (χ3n) is 4.84.